The van der Waals surface area contributed by atoms with E-state index in [9.17, 15) is 14.4 Å². The summed E-state index contributed by atoms with van der Waals surface area (Å²) in [5, 5.41) is 0.422. The first-order valence-electron chi connectivity index (χ1n) is 7.49. The first kappa shape index (κ1) is 14.3. The van der Waals surface area contributed by atoms with Gasteiger partial charge in [0.1, 0.15) is 0 Å². The Kier molecular flexibility index (Phi) is 3.23. The van der Waals surface area contributed by atoms with Gasteiger partial charge in [0.15, 0.2) is 0 Å². The molecule has 0 aliphatic carbocycles. The zero-order chi connectivity index (χ0) is 16.7. The molecule has 0 atom stereocenters. The molecule has 1 fully saturated rings. The number of aromatic nitrogens is 1. The van der Waals surface area contributed by atoms with Crippen LogP contribution < -0.4 is 10.5 Å². The Morgan fingerprint density at radius 1 is 0.875 bits per heavy atom. The first-order chi connectivity index (χ1) is 11.6. The Morgan fingerprint density at radius 2 is 1.54 bits per heavy atom. The van der Waals surface area contributed by atoms with Gasteiger partial charge in [-0.15, -0.1) is 0 Å². The van der Waals surface area contributed by atoms with Gasteiger partial charge in [-0.05, 0) is 36.4 Å². The van der Waals surface area contributed by atoms with Crippen LogP contribution in [0.4, 0.5) is 5.69 Å². The van der Waals surface area contributed by atoms with E-state index in [1.54, 1.807) is 48.5 Å². The van der Waals surface area contributed by atoms with Gasteiger partial charge >= 0.3 is 5.63 Å². The predicted octanol–water partition coefficient (Wildman–Crippen LogP) is 2.51. The van der Waals surface area contributed by atoms with E-state index in [1.165, 1.54) is 4.90 Å². The molecule has 2 aromatic carbocycles. The zero-order valence-corrected chi connectivity index (χ0v) is 12.6. The molecule has 0 saturated carbocycles. The number of imide groups is 1. The van der Waals surface area contributed by atoms with Gasteiger partial charge in [0.05, 0.1) is 16.6 Å². The zero-order valence-electron chi connectivity index (χ0n) is 12.6. The summed E-state index contributed by atoms with van der Waals surface area (Å²) in [7, 11) is 0. The smallest absolute Gasteiger partial charge is 0.347 e. The van der Waals surface area contributed by atoms with Crippen molar-refractivity contribution in [3.63, 3.8) is 0 Å². The Hall–Kier alpha value is -3.28. The SMILES string of the molecule is O=C1CCC(=O)N1c1ccc(-c2nc3ccccc3c(=O)o2)cc1. The molecule has 0 spiro atoms. The Bertz CT molecular complexity index is 1010. The summed E-state index contributed by atoms with van der Waals surface area (Å²) in [5.74, 6) is -0.212. The van der Waals surface area contributed by atoms with Crippen molar-refractivity contribution in [1.82, 2.24) is 4.98 Å². The molecule has 4 rings (SSSR count). The Labute approximate surface area is 136 Å². The largest absolute Gasteiger partial charge is 0.403 e. The second kappa shape index (κ2) is 5.42. The highest BCUT2D eigenvalue weighted by Gasteiger charge is 2.30. The number of para-hydroxylation sites is 1. The summed E-state index contributed by atoms with van der Waals surface area (Å²) in [5.41, 5.74) is 1.21. The van der Waals surface area contributed by atoms with Crippen LogP contribution in [0.3, 0.4) is 0 Å². The molecule has 1 saturated heterocycles. The van der Waals surface area contributed by atoms with Crippen LogP contribution in [0.5, 0.6) is 0 Å². The fraction of sp³-hybridized carbons (Fsp3) is 0.111. The van der Waals surface area contributed by atoms with E-state index in [-0.39, 0.29) is 30.5 Å². The number of fused-ring (bicyclic) bond motifs is 1. The average Bonchev–Trinajstić information content (AvgIpc) is 2.94. The van der Waals surface area contributed by atoms with Crippen molar-refractivity contribution >= 4 is 28.4 Å². The molecule has 24 heavy (non-hydrogen) atoms. The van der Waals surface area contributed by atoms with Gasteiger partial charge in [0.25, 0.3) is 0 Å². The van der Waals surface area contributed by atoms with Crippen molar-refractivity contribution in [3.8, 4) is 11.5 Å². The average molecular weight is 320 g/mol. The van der Waals surface area contributed by atoms with Crippen molar-refractivity contribution in [2.75, 3.05) is 4.90 Å². The van der Waals surface area contributed by atoms with Crippen LogP contribution in [-0.4, -0.2) is 16.8 Å². The van der Waals surface area contributed by atoms with Gasteiger partial charge in [-0.25, -0.2) is 9.78 Å². The minimum absolute atomic E-state index is 0.198. The van der Waals surface area contributed by atoms with Crippen molar-refractivity contribution in [2.45, 2.75) is 12.8 Å². The van der Waals surface area contributed by atoms with Gasteiger partial charge in [0.2, 0.25) is 17.7 Å². The summed E-state index contributed by atoms with van der Waals surface area (Å²) in [6, 6.07) is 13.6. The summed E-state index contributed by atoms with van der Waals surface area (Å²) in [6.45, 7) is 0. The normalized spacial score (nSPS) is 14.6. The number of benzene rings is 2. The van der Waals surface area contributed by atoms with Gasteiger partial charge < -0.3 is 4.42 Å². The fourth-order valence-corrected chi connectivity index (χ4v) is 2.76. The van der Waals surface area contributed by atoms with E-state index < -0.39 is 5.63 Å². The van der Waals surface area contributed by atoms with Crippen molar-refractivity contribution in [2.24, 2.45) is 0 Å². The molecule has 0 N–H and O–H groups in total. The lowest BCUT2D eigenvalue weighted by Crippen LogP contribution is -2.28. The monoisotopic (exact) mass is 320 g/mol. The molecule has 1 aliphatic rings. The lowest BCUT2D eigenvalue weighted by Gasteiger charge is -2.13. The number of anilines is 1. The first-order valence-corrected chi connectivity index (χ1v) is 7.49. The topological polar surface area (TPSA) is 80.5 Å². The number of amides is 2. The number of rotatable bonds is 2. The highest BCUT2D eigenvalue weighted by Crippen LogP contribution is 2.26. The van der Waals surface area contributed by atoms with Crippen LogP contribution in [0.25, 0.3) is 22.4 Å². The van der Waals surface area contributed by atoms with E-state index in [2.05, 4.69) is 4.98 Å². The number of hydrogen-bond acceptors (Lipinski definition) is 5. The Morgan fingerprint density at radius 3 is 2.25 bits per heavy atom. The number of nitrogens with zero attached hydrogens (tertiary/aromatic N) is 2. The number of hydrogen-bond donors (Lipinski definition) is 0. The van der Waals surface area contributed by atoms with E-state index in [0.29, 0.717) is 22.2 Å². The maximum atomic E-state index is 12.0. The molecule has 0 bridgehead atoms. The lowest BCUT2D eigenvalue weighted by molar-refractivity contribution is -0.121. The highest BCUT2D eigenvalue weighted by molar-refractivity contribution is 6.19. The fourth-order valence-electron chi connectivity index (χ4n) is 2.76. The van der Waals surface area contributed by atoms with Crippen molar-refractivity contribution in [3.05, 3.63) is 59.0 Å². The second-order valence-electron chi connectivity index (χ2n) is 5.49. The third kappa shape index (κ3) is 2.28. The van der Waals surface area contributed by atoms with Gasteiger partial charge in [-0.2, -0.15) is 0 Å². The molecule has 6 heteroatoms. The lowest BCUT2D eigenvalue weighted by atomic mass is 10.2. The van der Waals surface area contributed by atoms with Crippen molar-refractivity contribution < 1.29 is 14.0 Å². The summed E-state index contributed by atoms with van der Waals surface area (Å²) < 4.78 is 5.27. The molecule has 0 radical (unpaired) electrons. The molecule has 118 valence electrons. The second-order valence-corrected chi connectivity index (χ2v) is 5.49. The van der Waals surface area contributed by atoms with Crippen LogP contribution in [0.1, 0.15) is 12.8 Å². The van der Waals surface area contributed by atoms with Crippen LogP contribution in [0, 0.1) is 0 Å². The molecule has 3 aromatic rings. The van der Waals surface area contributed by atoms with Crippen LogP contribution >= 0.6 is 0 Å². The molecule has 1 aromatic heterocycles. The third-order valence-electron chi connectivity index (χ3n) is 3.96. The van der Waals surface area contributed by atoms with Crippen molar-refractivity contribution in [1.29, 1.82) is 0 Å². The standard InChI is InChI=1S/C18H12N2O4/c21-15-9-10-16(22)20(15)12-7-5-11(6-8-12)17-19-14-4-2-1-3-13(14)18(23)24-17/h1-8H,9-10H2. The quantitative estimate of drug-likeness (QED) is 0.678. The molecule has 1 aliphatic heterocycles. The van der Waals surface area contributed by atoms with E-state index in [4.69, 9.17) is 4.42 Å². The molecule has 2 amide bonds. The minimum atomic E-state index is -0.454. The van der Waals surface area contributed by atoms with E-state index in [0.717, 1.165) is 0 Å². The maximum absolute atomic E-state index is 12.0. The summed E-state index contributed by atoms with van der Waals surface area (Å²) in [6.07, 6.45) is 0.476. The molecule has 0 unspecified atom stereocenters. The number of carbonyl (C=O) groups excluding carboxylic acids is 2. The summed E-state index contributed by atoms with van der Waals surface area (Å²) in [4.78, 5) is 41.1. The van der Waals surface area contributed by atoms with Crippen LogP contribution in [-0.2, 0) is 9.59 Å². The van der Waals surface area contributed by atoms with E-state index >= 15 is 0 Å². The Balaban J connectivity index is 1.74. The minimum Gasteiger partial charge on any atom is -0.403 e. The predicted molar refractivity (Wildman–Crippen MR) is 87.4 cm³/mol. The third-order valence-corrected chi connectivity index (χ3v) is 3.96. The number of carbonyl (C=O) groups is 2. The molecular weight excluding hydrogens is 308 g/mol. The molecular formula is C18H12N2O4. The molecule has 6 nitrogen and oxygen atoms in total. The molecule has 2 heterocycles. The highest BCUT2D eigenvalue weighted by atomic mass is 16.4. The van der Waals surface area contributed by atoms with Gasteiger partial charge in [-0.1, -0.05) is 12.1 Å². The van der Waals surface area contributed by atoms with Crippen LogP contribution in [0.15, 0.2) is 57.7 Å². The summed E-state index contributed by atoms with van der Waals surface area (Å²) >= 11 is 0. The maximum Gasteiger partial charge on any atom is 0.347 e. The van der Waals surface area contributed by atoms with Gasteiger partial charge in [-0.3, -0.25) is 14.5 Å². The van der Waals surface area contributed by atoms with Crippen LogP contribution in [0.2, 0.25) is 0 Å². The van der Waals surface area contributed by atoms with Gasteiger partial charge in [0, 0.05) is 18.4 Å². The van der Waals surface area contributed by atoms with E-state index in [1.807, 2.05) is 0 Å².